The van der Waals surface area contributed by atoms with Crippen molar-refractivity contribution in [3.05, 3.63) is 0 Å². The molecule has 0 aromatic rings. The van der Waals surface area contributed by atoms with Crippen molar-refractivity contribution in [2.24, 2.45) is 5.41 Å². The Morgan fingerprint density at radius 3 is 2.29 bits per heavy atom. The van der Waals surface area contributed by atoms with Gasteiger partial charge in [-0.2, -0.15) is 0 Å². The van der Waals surface area contributed by atoms with Gasteiger partial charge in [0.1, 0.15) is 6.04 Å². The minimum atomic E-state index is -0.649. The summed E-state index contributed by atoms with van der Waals surface area (Å²) in [5.74, 6) is -0.649. The van der Waals surface area contributed by atoms with Crippen molar-refractivity contribution in [2.75, 3.05) is 6.54 Å². The Labute approximate surface area is 85.1 Å². The summed E-state index contributed by atoms with van der Waals surface area (Å²) in [7, 11) is 0. The Balaban J connectivity index is 2.18. The second-order valence-electron chi connectivity index (χ2n) is 5.86. The highest BCUT2D eigenvalue weighted by molar-refractivity contribution is 5.74. The number of carboxylic acid groups (broad SMARTS) is 1. The topological polar surface area (TPSA) is 40.5 Å². The molecule has 2 fully saturated rings. The molecule has 1 saturated heterocycles. The third-order valence-electron chi connectivity index (χ3n) is 3.61. The summed E-state index contributed by atoms with van der Waals surface area (Å²) in [5, 5.41) is 9.17. The van der Waals surface area contributed by atoms with Gasteiger partial charge in [-0.15, -0.1) is 0 Å². The lowest BCUT2D eigenvalue weighted by molar-refractivity contribution is -0.143. The van der Waals surface area contributed by atoms with E-state index in [0.29, 0.717) is 5.41 Å². The summed E-state index contributed by atoms with van der Waals surface area (Å²) >= 11 is 0. The molecule has 14 heavy (non-hydrogen) atoms. The number of carbonyl (C=O) groups is 1. The number of rotatable bonds is 1. The number of aliphatic carboxylic acids is 1. The first-order valence-corrected chi connectivity index (χ1v) is 5.34. The van der Waals surface area contributed by atoms with E-state index in [1.807, 2.05) is 0 Å². The van der Waals surface area contributed by atoms with Crippen LogP contribution in [0, 0.1) is 5.41 Å². The fourth-order valence-corrected chi connectivity index (χ4v) is 2.52. The summed E-state index contributed by atoms with van der Waals surface area (Å²) in [6, 6.07) is -0.252. The average molecular weight is 197 g/mol. The van der Waals surface area contributed by atoms with E-state index in [1.54, 1.807) is 0 Å². The first-order valence-electron chi connectivity index (χ1n) is 5.34. The van der Waals surface area contributed by atoms with E-state index in [4.69, 9.17) is 5.11 Å². The Morgan fingerprint density at radius 1 is 1.43 bits per heavy atom. The largest absolute Gasteiger partial charge is 0.480 e. The number of hydrogen-bond acceptors (Lipinski definition) is 2. The lowest BCUT2D eigenvalue weighted by Gasteiger charge is -2.35. The van der Waals surface area contributed by atoms with Crippen LogP contribution in [0.3, 0.4) is 0 Å². The zero-order chi connectivity index (χ0) is 10.6. The molecule has 0 radical (unpaired) electrons. The number of nitrogens with zero attached hydrogens (tertiary/aromatic N) is 1. The van der Waals surface area contributed by atoms with Crippen LogP contribution in [-0.4, -0.2) is 34.1 Å². The van der Waals surface area contributed by atoms with Gasteiger partial charge in [0.25, 0.3) is 0 Å². The fraction of sp³-hybridized carbons (Fsp3) is 0.909. The molecule has 2 rings (SSSR count). The molecule has 1 saturated carbocycles. The van der Waals surface area contributed by atoms with Crippen LogP contribution in [0.1, 0.15) is 40.0 Å². The molecule has 0 aromatic carbocycles. The number of carboxylic acids is 1. The van der Waals surface area contributed by atoms with E-state index in [2.05, 4.69) is 25.7 Å². The van der Waals surface area contributed by atoms with Crippen LogP contribution in [0.25, 0.3) is 0 Å². The SMILES string of the molecule is CC(C)(C)N1CC2(CC2)CC1C(=O)O. The molecule has 80 valence electrons. The fourth-order valence-electron chi connectivity index (χ4n) is 2.52. The third-order valence-corrected chi connectivity index (χ3v) is 3.61. The van der Waals surface area contributed by atoms with Gasteiger partial charge in [-0.1, -0.05) is 0 Å². The quantitative estimate of drug-likeness (QED) is 0.696. The minimum Gasteiger partial charge on any atom is -0.480 e. The monoisotopic (exact) mass is 197 g/mol. The summed E-state index contributed by atoms with van der Waals surface area (Å²) in [5.41, 5.74) is 0.353. The standard InChI is InChI=1S/C11H19NO2/c1-10(2,3)12-7-11(4-5-11)6-8(12)9(13)14/h8H,4-7H2,1-3H3,(H,13,14). The number of hydrogen-bond donors (Lipinski definition) is 1. The lowest BCUT2D eigenvalue weighted by Crippen LogP contribution is -2.47. The molecule has 1 spiro atoms. The highest BCUT2D eigenvalue weighted by Gasteiger charge is 2.55. The molecule has 0 bridgehead atoms. The van der Waals surface area contributed by atoms with Crippen LogP contribution in [0.2, 0.25) is 0 Å². The first-order chi connectivity index (χ1) is 6.34. The zero-order valence-corrected chi connectivity index (χ0v) is 9.21. The molecular formula is C11H19NO2. The van der Waals surface area contributed by atoms with Crippen LogP contribution in [0.4, 0.5) is 0 Å². The molecule has 1 N–H and O–H groups in total. The molecular weight excluding hydrogens is 178 g/mol. The summed E-state index contributed by atoms with van der Waals surface area (Å²) in [6.45, 7) is 7.28. The smallest absolute Gasteiger partial charge is 0.320 e. The summed E-state index contributed by atoms with van der Waals surface area (Å²) < 4.78 is 0. The van der Waals surface area contributed by atoms with Crippen molar-refractivity contribution in [2.45, 2.75) is 51.6 Å². The van der Waals surface area contributed by atoms with E-state index in [-0.39, 0.29) is 11.6 Å². The van der Waals surface area contributed by atoms with E-state index in [1.165, 1.54) is 12.8 Å². The van der Waals surface area contributed by atoms with Crippen LogP contribution < -0.4 is 0 Å². The van der Waals surface area contributed by atoms with Gasteiger partial charge in [0.05, 0.1) is 0 Å². The highest BCUT2D eigenvalue weighted by Crippen LogP contribution is 2.56. The molecule has 3 heteroatoms. The van der Waals surface area contributed by atoms with Gasteiger partial charge in [-0.3, -0.25) is 9.69 Å². The van der Waals surface area contributed by atoms with Crippen molar-refractivity contribution in [1.82, 2.24) is 4.90 Å². The van der Waals surface area contributed by atoms with E-state index in [9.17, 15) is 4.79 Å². The van der Waals surface area contributed by atoms with Crippen molar-refractivity contribution in [3.8, 4) is 0 Å². The van der Waals surface area contributed by atoms with Crippen molar-refractivity contribution in [1.29, 1.82) is 0 Å². The minimum absolute atomic E-state index is 0.0187. The van der Waals surface area contributed by atoms with Crippen LogP contribution in [0.15, 0.2) is 0 Å². The predicted octanol–water partition coefficient (Wildman–Crippen LogP) is 1.72. The molecule has 2 aliphatic rings. The Morgan fingerprint density at radius 2 is 2.00 bits per heavy atom. The molecule has 0 amide bonds. The van der Waals surface area contributed by atoms with Crippen LogP contribution in [-0.2, 0) is 4.79 Å². The Hall–Kier alpha value is -0.570. The van der Waals surface area contributed by atoms with Crippen LogP contribution >= 0.6 is 0 Å². The van der Waals surface area contributed by atoms with E-state index < -0.39 is 5.97 Å². The first kappa shape index (κ1) is 9.97. The molecule has 1 heterocycles. The normalized spacial score (nSPS) is 30.9. The maximum Gasteiger partial charge on any atom is 0.320 e. The molecule has 1 aliphatic carbocycles. The maximum atomic E-state index is 11.1. The van der Waals surface area contributed by atoms with Gasteiger partial charge in [-0.05, 0) is 45.4 Å². The second-order valence-corrected chi connectivity index (χ2v) is 5.86. The van der Waals surface area contributed by atoms with Gasteiger partial charge in [0.15, 0.2) is 0 Å². The average Bonchev–Trinajstić information content (AvgIpc) is 2.58. The van der Waals surface area contributed by atoms with Gasteiger partial charge < -0.3 is 5.11 Å². The van der Waals surface area contributed by atoms with Crippen LogP contribution in [0.5, 0.6) is 0 Å². The Kier molecular flexibility index (Phi) is 1.94. The molecule has 0 aromatic heterocycles. The zero-order valence-electron chi connectivity index (χ0n) is 9.21. The van der Waals surface area contributed by atoms with Gasteiger partial charge in [0.2, 0.25) is 0 Å². The summed E-state index contributed by atoms with van der Waals surface area (Å²) in [4.78, 5) is 13.3. The molecule has 1 unspecified atom stereocenters. The summed E-state index contributed by atoms with van der Waals surface area (Å²) in [6.07, 6.45) is 3.31. The number of likely N-dealkylation sites (tertiary alicyclic amines) is 1. The van der Waals surface area contributed by atoms with Crippen molar-refractivity contribution >= 4 is 5.97 Å². The highest BCUT2D eigenvalue weighted by atomic mass is 16.4. The van der Waals surface area contributed by atoms with Crippen molar-refractivity contribution in [3.63, 3.8) is 0 Å². The Bertz CT molecular complexity index is 263. The molecule has 3 nitrogen and oxygen atoms in total. The van der Waals surface area contributed by atoms with Gasteiger partial charge in [0, 0.05) is 12.1 Å². The lowest BCUT2D eigenvalue weighted by atomic mass is 10.0. The van der Waals surface area contributed by atoms with Gasteiger partial charge in [-0.25, -0.2) is 0 Å². The maximum absolute atomic E-state index is 11.1. The van der Waals surface area contributed by atoms with E-state index >= 15 is 0 Å². The van der Waals surface area contributed by atoms with Crippen molar-refractivity contribution < 1.29 is 9.90 Å². The molecule has 1 atom stereocenters. The third kappa shape index (κ3) is 1.54. The second kappa shape index (κ2) is 2.72. The van der Waals surface area contributed by atoms with E-state index in [0.717, 1.165) is 13.0 Å². The molecule has 1 aliphatic heterocycles. The van der Waals surface area contributed by atoms with Gasteiger partial charge >= 0.3 is 5.97 Å². The predicted molar refractivity (Wildman–Crippen MR) is 54.2 cm³/mol.